The zero-order chi connectivity index (χ0) is 15.4. The molecule has 3 aromatic heterocycles. The van der Waals surface area contributed by atoms with Gasteiger partial charge in [-0.2, -0.15) is 0 Å². The quantitative estimate of drug-likeness (QED) is 0.735. The van der Waals surface area contributed by atoms with Crippen molar-refractivity contribution in [2.75, 3.05) is 5.32 Å². The van der Waals surface area contributed by atoms with Gasteiger partial charge in [-0.15, -0.1) is 5.10 Å². The first-order valence-electron chi connectivity index (χ1n) is 6.51. The van der Waals surface area contributed by atoms with Gasteiger partial charge in [0.25, 0.3) is 11.5 Å². The van der Waals surface area contributed by atoms with E-state index in [1.54, 1.807) is 16.9 Å². The lowest BCUT2D eigenvalue weighted by molar-refractivity contribution is 0.102. The molecule has 0 aliphatic rings. The average molecular weight is 296 g/mol. The topological polar surface area (TPSA) is 106 Å². The first-order chi connectivity index (χ1) is 10.7. The summed E-state index contributed by atoms with van der Waals surface area (Å²) in [6, 6.07) is 8.57. The van der Waals surface area contributed by atoms with Crippen molar-refractivity contribution >= 4 is 11.9 Å². The number of hydrogen-bond acceptors (Lipinski definition) is 5. The third kappa shape index (κ3) is 3.06. The Bertz CT molecular complexity index is 840. The number of carbonyl (C=O) groups excluding carboxylic acids is 1. The van der Waals surface area contributed by atoms with Gasteiger partial charge in [0.2, 0.25) is 5.95 Å². The van der Waals surface area contributed by atoms with E-state index in [0.717, 1.165) is 5.69 Å². The van der Waals surface area contributed by atoms with Gasteiger partial charge in [0.05, 0.1) is 12.2 Å². The van der Waals surface area contributed by atoms with E-state index >= 15 is 0 Å². The lowest BCUT2D eigenvalue weighted by Gasteiger charge is -2.00. The minimum absolute atomic E-state index is 0.00331. The number of nitrogens with zero attached hydrogens (tertiary/aromatic N) is 4. The van der Waals surface area contributed by atoms with Crippen LogP contribution in [0.2, 0.25) is 0 Å². The van der Waals surface area contributed by atoms with Crippen molar-refractivity contribution in [3.63, 3.8) is 0 Å². The third-order valence-corrected chi connectivity index (χ3v) is 2.87. The molecule has 0 spiro atoms. The van der Waals surface area contributed by atoms with Crippen LogP contribution in [0.25, 0.3) is 0 Å². The van der Waals surface area contributed by atoms with Gasteiger partial charge >= 0.3 is 0 Å². The van der Waals surface area contributed by atoms with E-state index in [0.29, 0.717) is 6.54 Å². The lowest BCUT2D eigenvalue weighted by Crippen LogP contribution is -2.23. The Morgan fingerprint density at radius 3 is 2.91 bits per heavy atom. The van der Waals surface area contributed by atoms with E-state index in [9.17, 15) is 9.59 Å². The summed E-state index contributed by atoms with van der Waals surface area (Å²) >= 11 is 0. The fourth-order valence-corrected chi connectivity index (χ4v) is 1.85. The number of aromatic amines is 1. The van der Waals surface area contributed by atoms with Gasteiger partial charge in [-0.05, 0) is 24.3 Å². The Morgan fingerprint density at radius 2 is 2.14 bits per heavy atom. The molecule has 0 saturated carbocycles. The highest BCUT2D eigenvalue weighted by Crippen LogP contribution is 2.02. The molecular formula is C14H12N6O2. The molecule has 1 amide bonds. The molecule has 22 heavy (non-hydrogen) atoms. The molecule has 2 N–H and O–H groups in total. The molecule has 0 saturated heterocycles. The van der Waals surface area contributed by atoms with Gasteiger partial charge in [0.1, 0.15) is 11.9 Å². The predicted molar refractivity (Wildman–Crippen MR) is 78.4 cm³/mol. The zero-order valence-corrected chi connectivity index (χ0v) is 11.4. The standard InChI is InChI=1S/C14H12N6O2/c21-12-11(5-3-7-16-12)13(22)18-14-17-9-20(19-14)8-10-4-1-2-6-15-10/h1-7,9H,8H2,(H,16,21)(H,18,19,22). The minimum Gasteiger partial charge on any atom is -0.328 e. The number of H-pyrrole nitrogens is 1. The van der Waals surface area contributed by atoms with Crippen molar-refractivity contribution in [2.45, 2.75) is 6.54 Å². The molecule has 0 radical (unpaired) electrons. The summed E-state index contributed by atoms with van der Waals surface area (Å²) in [5.74, 6) is -0.429. The van der Waals surface area contributed by atoms with Crippen LogP contribution in [-0.2, 0) is 6.54 Å². The molecule has 110 valence electrons. The zero-order valence-electron chi connectivity index (χ0n) is 11.4. The highest BCUT2D eigenvalue weighted by molar-refractivity contribution is 6.02. The van der Waals surface area contributed by atoms with Crippen LogP contribution >= 0.6 is 0 Å². The molecule has 3 aromatic rings. The van der Waals surface area contributed by atoms with Crippen LogP contribution in [-0.4, -0.2) is 30.6 Å². The van der Waals surface area contributed by atoms with E-state index in [1.165, 1.54) is 18.6 Å². The average Bonchev–Trinajstić information content (AvgIpc) is 2.95. The molecule has 0 aliphatic carbocycles. The third-order valence-electron chi connectivity index (χ3n) is 2.87. The fraction of sp³-hybridized carbons (Fsp3) is 0.0714. The molecule has 0 fully saturated rings. The molecule has 0 unspecified atom stereocenters. The monoisotopic (exact) mass is 296 g/mol. The number of aromatic nitrogens is 5. The largest absolute Gasteiger partial charge is 0.328 e. The number of pyridine rings is 2. The van der Waals surface area contributed by atoms with Crippen molar-refractivity contribution < 1.29 is 4.79 Å². The van der Waals surface area contributed by atoms with Crippen molar-refractivity contribution in [1.29, 1.82) is 0 Å². The number of hydrogen-bond donors (Lipinski definition) is 2. The van der Waals surface area contributed by atoms with Crippen LogP contribution in [0.3, 0.4) is 0 Å². The molecule has 3 rings (SSSR count). The predicted octanol–water partition coefficient (Wildman–Crippen LogP) is 0.662. The summed E-state index contributed by atoms with van der Waals surface area (Å²) in [5.41, 5.74) is 0.362. The number of carbonyl (C=O) groups is 1. The second-order valence-corrected chi connectivity index (χ2v) is 4.45. The van der Waals surface area contributed by atoms with Gasteiger partial charge in [-0.3, -0.25) is 19.9 Å². The molecule has 0 atom stereocenters. The van der Waals surface area contributed by atoms with Crippen LogP contribution in [0.5, 0.6) is 0 Å². The smallest absolute Gasteiger partial charge is 0.263 e. The summed E-state index contributed by atoms with van der Waals surface area (Å²) in [5, 5.41) is 6.60. The minimum atomic E-state index is -0.558. The van der Waals surface area contributed by atoms with E-state index < -0.39 is 11.5 Å². The van der Waals surface area contributed by atoms with E-state index in [-0.39, 0.29) is 11.5 Å². The van der Waals surface area contributed by atoms with Crippen LogP contribution in [0.4, 0.5) is 5.95 Å². The van der Waals surface area contributed by atoms with Gasteiger partial charge < -0.3 is 4.98 Å². The molecule has 3 heterocycles. The van der Waals surface area contributed by atoms with Crippen LogP contribution in [0.15, 0.2) is 53.8 Å². The number of anilines is 1. The summed E-state index contributed by atoms with van der Waals surface area (Å²) in [7, 11) is 0. The lowest BCUT2D eigenvalue weighted by atomic mass is 10.2. The molecular weight excluding hydrogens is 284 g/mol. The second kappa shape index (κ2) is 6.00. The van der Waals surface area contributed by atoms with Crippen LogP contribution < -0.4 is 10.9 Å². The Morgan fingerprint density at radius 1 is 1.23 bits per heavy atom. The maximum atomic E-state index is 12.0. The summed E-state index contributed by atoms with van der Waals surface area (Å²) in [6.45, 7) is 0.440. The normalized spacial score (nSPS) is 10.4. The Kier molecular flexibility index (Phi) is 3.73. The maximum absolute atomic E-state index is 12.0. The van der Waals surface area contributed by atoms with Gasteiger partial charge in [0, 0.05) is 12.4 Å². The second-order valence-electron chi connectivity index (χ2n) is 4.45. The molecule has 8 nitrogen and oxygen atoms in total. The van der Waals surface area contributed by atoms with Crippen LogP contribution in [0.1, 0.15) is 16.1 Å². The Hall–Kier alpha value is -3.29. The SMILES string of the molecule is O=C(Nc1ncn(Cc2ccccn2)n1)c1ccc[nH]c1=O. The molecule has 0 aliphatic heterocycles. The van der Waals surface area contributed by atoms with E-state index in [1.807, 2.05) is 18.2 Å². The molecule has 0 bridgehead atoms. The van der Waals surface area contributed by atoms with E-state index in [4.69, 9.17) is 0 Å². The van der Waals surface area contributed by atoms with Gasteiger partial charge in [-0.25, -0.2) is 9.67 Å². The van der Waals surface area contributed by atoms with Crippen molar-refractivity contribution in [3.8, 4) is 0 Å². The first kappa shape index (κ1) is 13.7. The van der Waals surface area contributed by atoms with Crippen LogP contribution in [0, 0.1) is 0 Å². The number of nitrogens with one attached hydrogen (secondary N) is 2. The van der Waals surface area contributed by atoms with E-state index in [2.05, 4.69) is 25.4 Å². The van der Waals surface area contributed by atoms with Crippen molar-refractivity contribution in [1.82, 2.24) is 24.7 Å². The highest BCUT2D eigenvalue weighted by Gasteiger charge is 2.12. The highest BCUT2D eigenvalue weighted by atomic mass is 16.2. The first-order valence-corrected chi connectivity index (χ1v) is 6.51. The summed E-state index contributed by atoms with van der Waals surface area (Å²) < 4.78 is 1.55. The maximum Gasteiger partial charge on any atom is 0.263 e. The van der Waals surface area contributed by atoms with Gasteiger partial charge in [0.15, 0.2) is 0 Å². The van der Waals surface area contributed by atoms with Crippen molar-refractivity contribution in [3.05, 3.63) is 70.7 Å². The fourth-order valence-electron chi connectivity index (χ4n) is 1.85. The Balaban J connectivity index is 1.71. The summed E-state index contributed by atoms with van der Waals surface area (Å²) in [4.78, 5) is 34.1. The van der Waals surface area contributed by atoms with Gasteiger partial charge in [-0.1, -0.05) is 6.07 Å². The number of rotatable bonds is 4. The Labute approximate surface area is 124 Å². The summed E-state index contributed by atoms with van der Waals surface area (Å²) in [6.07, 6.45) is 4.63. The van der Waals surface area contributed by atoms with Crippen molar-refractivity contribution in [2.24, 2.45) is 0 Å². The molecule has 8 heteroatoms. The number of amides is 1. The molecule has 0 aromatic carbocycles.